The van der Waals surface area contributed by atoms with E-state index in [0.29, 0.717) is 11.4 Å². The zero-order chi connectivity index (χ0) is 15.2. The number of anilines is 1. The number of nitrogens with one attached hydrogen (secondary N) is 2. The van der Waals surface area contributed by atoms with Crippen LogP contribution in [0.2, 0.25) is 0 Å². The summed E-state index contributed by atoms with van der Waals surface area (Å²) in [6.07, 6.45) is 1.64. The maximum Gasteiger partial charge on any atom is 0.251 e. The van der Waals surface area contributed by atoms with Gasteiger partial charge in [-0.15, -0.1) is 0 Å². The highest BCUT2D eigenvalue weighted by molar-refractivity contribution is 5.95. The molecule has 0 aliphatic rings. The quantitative estimate of drug-likeness (QED) is 0.885. The van der Waals surface area contributed by atoms with E-state index in [9.17, 15) is 4.79 Å². The SMILES string of the molecule is CCNc1cc(C(=O)NC(C)c2ccc(C)cc2)ccn1. The smallest absolute Gasteiger partial charge is 0.251 e. The van der Waals surface area contributed by atoms with Gasteiger partial charge in [-0.2, -0.15) is 0 Å². The Morgan fingerprint density at radius 3 is 2.62 bits per heavy atom. The Morgan fingerprint density at radius 2 is 1.95 bits per heavy atom. The minimum absolute atomic E-state index is 0.0335. The average Bonchev–Trinajstić information content (AvgIpc) is 2.48. The summed E-state index contributed by atoms with van der Waals surface area (Å²) in [7, 11) is 0. The van der Waals surface area contributed by atoms with Crippen LogP contribution in [0.25, 0.3) is 0 Å². The fraction of sp³-hybridized carbons (Fsp3) is 0.294. The Hall–Kier alpha value is -2.36. The first kappa shape index (κ1) is 15.0. The van der Waals surface area contributed by atoms with Crippen LogP contribution in [0, 0.1) is 6.92 Å². The van der Waals surface area contributed by atoms with E-state index in [2.05, 4.69) is 15.6 Å². The van der Waals surface area contributed by atoms with Crippen molar-refractivity contribution in [1.82, 2.24) is 10.3 Å². The largest absolute Gasteiger partial charge is 0.370 e. The molecule has 2 N–H and O–H groups in total. The zero-order valence-electron chi connectivity index (χ0n) is 12.7. The molecule has 0 saturated carbocycles. The molecular weight excluding hydrogens is 262 g/mol. The van der Waals surface area contributed by atoms with Crippen LogP contribution in [0.1, 0.15) is 41.4 Å². The molecule has 1 aromatic carbocycles. The van der Waals surface area contributed by atoms with Crippen molar-refractivity contribution in [2.45, 2.75) is 26.8 Å². The molecule has 0 saturated heterocycles. The summed E-state index contributed by atoms with van der Waals surface area (Å²) >= 11 is 0. The van der Waals surface area contributed by atoms with E-state index in [0.717, 1.165) is 12.1 Å². The van der Waals surface area contributed by atoms with Gasteiger partial charge in [0.25, 0.3) is 5.91 Å². The van der Waals surface area contributed by atoms with Crippen molar-refractivity contribution >= 4 is 11.7 Å². The van der Waals surface area contributed by atoms with Crippen LogP contribution >= 0.6 is 0 Å². The van der Waals surface area contributed by atoms with Crippen LogP contribution in [0.3, 0.4) is 0 Å². The molecule has 1 heterocycles. The van der Waals surface area contributed by atoms with Gasteiger partial charge in [0, 0.05) is 18.3 Å². The molecule has 0 fully saturated rings. The van der Waals surface area contributed by atoms with Gasteiger partial charge in [-0.05, 0) is 38.5 Å². The number of aromatic nitrogens is 1. The molecule has 110 valence electrons. The molecular formula is C17H21N3O. The molecule has 0 spiro atoms. The Balaban J connectivity index is 2.06. The first-order chi connectivity index (χ1) is 10.1. The van der Waals surface area contributed by atoms with Gasteiger partial charge in [-0.25, -0.2) is 4.98 Å². The van der Waals surface area contributed by atoms with Gasteiger partial charge in [0.2, 0.25) is 0 Å². The van der Waals surface area contributed by atoms with Gasteiger partial charge < -0.3 is 10.6 Å². The van der Waals surface area contributed by atoms with E-state index in [1.807, 2.05) is 45.0 Å². The summed E-state index contributed by atoms with van der Waals surface area (Å²) in [5, 5.41) is 6.11. The number of pyridine rings is 1. The summed E-state index contributed by atoms with van der Waals surface area (Å²) < 4.78 is 0. The van der Waals surface area contributed by atoms with Gasteiger partial charge in [0.1, 0.15) is 5.82 Å². The van der Waals surface area contributed by atoms with Gasteiger partial charge in [-0.3, -0.25) is 4.79 Å². The minimum atomic E-state index is -0.0929. The topological polar surface area (TPSA) is 54.0 Å². The first-order valence-electron chi connectivity index (χ1n) is 7.17. The monoisotopic (exact) mass is 283 g/mol. The maximum absolute atomic E-state index is 12.3. The van der Waals surface area contributed by atoms with Crippen molar-refractivity contribution in [1.29, 1.82) is 0 Å². The summed E-state index contributed by atoms with van der Waals surface area (Å²) in [5.74, 6) is 0.623. The van der Waals surface area contributed by atoms with E-state index < -0.39 is 0 Å². The molecule has 4 nitrogen and oxygen atoms in total. The molecule has 1 amide bonds. The van der Waals surface area contributed by atoms with Crippen LogP contribution in [0.4, 0.5) is 5.82 Å². The average molecular weight is 283 g/mol. The van der Waals surface area contributed by atoms with Crippen molar-refractivity contribution in [3.05, 3.63) is 59.3 Å². The molecule has 1 unspecified atom stereocenters. The number of hydrogen-bond donors (Lipinski definition) is 2. The van der Waals surface area contributed by atoms with Gasteiger partial charge in [0.05, 0.1) is 6.04 Å². The van der Waals surface area contributed by atoms with Crippen LogP contribution < -0.4 is 10.6 Å². The molecule has 0 aliphatic carbocycles. The molecule has 1 aromatic heterocycles. The highest BCUT2D eigenvalue weighted by Gasteiger charge is 2.12. The highest BCUT2D eigenvalue weighted by atomic mass is 16.1. The predicted octanol–water partition coefficient (Wildman–Crippen LogP) is 3.31. The Kier molecular flexibility index (Phi) is 4.93. The fourth-order valence-electron chi connectivity index (χ4n) is 2.07. The summed E-state index contributed by atoms with van der Waals surface area (Å²) in [5.41, 5.74) is 2.91. The molecule has 2 aromatic rings. The number of amides is 1. The number of aryl methyl sites for hydroxylation is 1. The first-order valence-corrected chi connectivity index (χ1v) is 7.17. The van der Waals surface area contributed by atoms with Crippen molar-refractivity contribution in [3.8, 4) is 0 Å². The number of carbonyl (C=O) groups is 1. The fourth-order valence-corrected chi connectivity index (χ4v) is 2.07. The Labute approximate surface area is 125 Å². The van der Waals surface area contributed by atoms with E-state index in [-0.39, 0.29) is 11.9 Å². The standard InChI is InChI=1S/C17H21N3O/c1-4-18-16-11-15(9-10-19-16)17(21)20-13(3)14-7-5-12(2)6-8-14/h5-11,13H,4H2,1-3H3,(H,18,19)(H,20,21). The highest BCUT2D eigenvalue weighted by Crippen LogP contribution is 2.14. The molecule has 0 bridgehead atoms. The second-order valence-electron chi connectivity index (χ2n) is 5.07. The van der Waals surface area contributed by atoms with Crippen LogP contribution in [0.15, 0.2) is 42.6 Å². The number of benzene rings is 1. The van der Waals surface area contributed by atoms with Gasteiger partial charge in [-0.1, -0.05) is 29.8 Å². The van der Waals surface area contributed by atoms with Crippen LogP contribution in [0.5, 0.6) is 0 Å². The molecule has 4 heteroatoms. The second-order valence-corrected chi connectivity index (χ2v) is 5.07. The van der Waals surface area contributed by atoms with Gasteiger partial charge >= 0.3 is 0 Å². The second kappa shape index (κ2) is 6.88. The molecule has 0 radical (unpaired) electrons. The molecule has 2 rings (SSSR count). The summed E-state index contributed by atoms with van der Waals surface area (Å²) in [6.45, 7) is 6.80. The lowest BCUT2D eigenvalue weighted by Gasteiger charge is -2.15. The third kappa shape index (κ3) is 4.05. The number of carbonyl (C=O) groups excluding carboxylic acids is 1. The lowest BCUT2D eigenvalue weighted by Crippen LogP contribution is -2.26. The normalized spacial score (nSPS) is 11.8. The molecule has 21 heavy (non-hydrogen) atoms. The van der Waals surface area contributed by atoms with E-state index in [1.165, 1.54) is 5.56 Å². The number of hydrogen-bond acceptors (Lipinski definition) is 3. The Morgan fingerprint density at radius 1 is 1.24 bits per heavy atom. The zero-order valence-corrected chi connectivity index (χ0v) is 12.7. The summed E-state index contributed by atoms with van der Waals surface area (Å²) in [4.78, 5) is 16.5. The van der Waals surface area contributed by atoms with E-state index in [1.54, 1.807) is 18.3 Å². The van der Waals surface area contributed by atoms with Gasteiger partial charge in [0.15, 0.2) is 0 Å². The third-order valence-corrected chi connectivity index (χ3v) is 3.30. The third-order valence-electron chi connectivity index (χ3n) is 3.30. The van der Waals surface area contributed by atoms with Crippen LogP contribution in [-0.2, 0) is 0 Å². The van der Waals surface area contributed by atoms with Crippen molar-refractivity contribution in [2.24, 2.45) is 0 Å². The van der Waals surface area contributed by atoms with Crippen molar-refractivity contribution in [2.75, 3.05) is 11.9 Å². The molecule has 0 aliphatic heterocycles. The van der Waals surface area contributed by atoms with Crippen molar-refractivity contribution in [3.63, 3.8) is 0 Å². The lowest BCUT2D eigenvalue weighted by molar-refractivity contribution is 0.0940. The van der Waals surface area contributed by atoms with Crippen molar-refractivity contribution < 1.29 is 4.79 Å². The number of rotatable bonds is 5. The predicted molar refractivity (Wildman–Crippen MR) is 85.5 cm³/mol. The van der Waals surface area contributed by atoms with E-state index >= 15 is 0 Å². The number of nitrogens with zero attached hydrogens (tertiary/aromatic N) is 1. The molecule has 1 atom stereocenters. The van der Waals surface area contributed by atoms with E-state index in [4.69, 9.17) is 0 Å². The minimum Gasteiger partial charge on any atom is -0.370 e. The lowest BCUT2D eigenvalue weighted by atomic mass is 10.1. The summed E-state index contributed by atoms with van der Waals surface area (Å²) in [6, 6.07) is 11.6. The van der Waals surface area contributed by atoms with Crippen LogP contribution in [-0.4, -0.2) is 17.4 Å². The Bertz CT molecular complexity index is 608. The maximum atomic E-state index is 12.3.